The number of hydrogen-bond donors (Lipinski definition) is 1. The molecule has 1 unspecified atom stereocenters. The Kier molecular flexibility index (Phi) is 3.46. The summed E-state index contributed by atoms with van der Waals surface area (Å²) in [6.07, 6.45) is 4.36. The van der Waals surface area contributed by atoms with E-state index in [2.05, 4.69) is 26.3 Å². The predicted octanol–water partition coefficient (Wildman–Crippen LogP) is 2.04. The third-order valence-corrected chi connectivity index (χ3v) is 3.48. The molecule has 2 aromatic rings. The smallest absolute Gasteiger partial charge is 0.129 e. The highest BCUT2D eigenvalue weighted by Crippen LogP contribution is 2.22. The van der Waals surface area contributed by atoms with E-state index < -0.39 is 0 Å². The van der Waals surface area contributed by atoms with Gasteiger partial charge in [-0.3, -0.25) is 0 Å². The van der Waals surface area contributed by atoms with Crippen LogP contribution < -0.4 is 10.2 Å². The molecule has 0 bridgehead atoms. The molecule has 1 aromatic carbocycles. The van der Waals surface area contributed by atoms with Gasteiger partial charge in [0.05, 0.1) is 11.6 Å². The Balaban J connectivity index is 1.63. The van der Waals surface area contributed by atoms with Gasteiger partial charge in [0.2, 0.25) is 0 Å². The number of benzene rings is 1. The lowest BCUT2D eigenvalue weighted by Gasteiger charge is -2.19. The zero-order valence-corrected chi connectivity index (χ0v) is 11.0. The van der Waals surface area contributed by atoms with Crippen molar-refractivity contribution in [3.63, 3.8) is 0 Å². The Morgan fingerprint density at radius 3 is 2.80 bits per heavy atom. The highest BCUT2D eigenvalue weighted by molar-refractivity contribution is 5.51. The van der Waals surface area contributed by atoms with E-state index in [1.165, 1.54) is 0 Å². The van der Waals surface area contributed by atoms with Crippen molar-refractivity contribution in [3.8, 4) is 6.07 Å². The first kappa shape index (κ1) is 12.4. The van der Waals surface area contributed by atoms with Crippen molar-refractivity contribution in [1.29, 1.82) is 5.26 Å². The number of anilines is 2. The molecule has 0 aliphatic carbocycles. The minimum atomic E-state index is 0.389. The van der Waals surface area contributed by atoms with Crippen LogP contribution in [0.25, 0.3) is 0 Å². The van der Waals surface area contributed by atoms with E-state index in [1.54, 1.807) is 12.5 Å². The zero-order valence-electron chi connectivity index (χ0n) is 11.0. The highest BCUT2D eigenvalue weighted by atomic mass is 15.2. The molecule has 1 aliphatic rings. The molecule has 1 aliphatic heterocycles. The summed E-state index contributed by atoms with van der Waals surface area (Å²) in [5, 5.41) is 12.2. The number of hydrogen-bond acceptors (Lipinski definition) is 5. The third kappa shape index (κ3) is 2.69. The molecule has 1 N–H and O–H groups in total. The Labute approximate surface area is 117 Å². The van der Waals surface area contributed by atoms with Crippen LogP contribution in [0, 0.1) is 11.3 Å². The van der Waals surface area contributed by atoms with Crippen LogP contribution in [0.3, 0.4) is 0 Å². The number of aromatic nitrogens is 2. The monoisotopic (exact) mass is 265 g/mol. The van der Waals surface area contributed by atoms with Gasteiger partial charge < -0.3 is 10.2 Å². The van der Waals surface area contributed by atoms with Gasteiger partial charge in [-0.05, 0) is 36.8 Å². The summed E-state index contributed by atoms with van der Waals surface area (Å²) in [4.78, 5) is 10.4. The Bertz CT molecular complexity index is 602. The van der Waals surface area contributed by atoms with Gasteiger partial charge in [-0.15, -0.1) is 0 Å². The second-order valence-corrected chi connectivity index (χ2v) is 4.83. The fourth-order valence-electron chi connectivity index (χ4n) is 2.44. The van der Waals surface area contributed by atoms with E-state index in [9.17, 15) is 0 Å². The van der Waals surface area contributed by atoms with Crippen LogP contribution in [0.15, 0.2) is 42.9 Å². The van der Waals surface area contributed by atoms with Crippen LogP contribution in [0.5, 0.6) is 0 Å². The standard InChI is InChI=1S/C15H15N5/c16-9-12-1-3-14(4-2-12)20-8-6-13(10-20)19-15-5-7-17-11-18-15/h1-5,7,11,13H,6,8,10H2,(H,17,18,19). The lowest BCUT2D eigenvalue weighted by Crippen LogP contribution is -2.26. The molecule has 1 aromatic heterocycles. The predicted molar refractivity (Wildman–Crippen MR) is 77.4 cm³/mol. The highest BCUT2D eigenvalue weighted by Gasteiger charge is 2.22. The van der Waals surface area contributed by atoms with Crippen LogP contribution in [-0.2, 0) is 0 Å². The summed E-state index contributed by atoms with van der Waals surface area (Å²) in [5.41, 5.74) is 1.86. The van der Waals surface area contributed by atoms with Crippen molar-refractivity contribution >= 4 is 11.5 Å². The quantitative estimate of drug-likeness (QED) is 0.920. The first-order valence-electron chi connectivity index (χ1n) is 6.63. The largest absolute Gasteiger partial charge is 0.369 e. The van der Waals surface area contributed by atoms with Crippen LogP contribution in [-0.4, -0.2) is 29.1 Å². The number of nitriles is 1. The Morgan fingerprint density at radius 2 is 2.10 bits per heavy atom. The number of rotatable bonds is 3. The fourth-order valence-corrected chi connectivity index (χ4v) is 2.44. The molecule has 0 spiro atoms. The Morgan fingerprint density at radius 1 is 1.25 bits per heavy atom. The topological polar surface area (TPSA) is 64.8 Å². The molecule has 100 valence electrons. The molecule has 1 atom stereocenters. The molecular weight excluding hydrogens is 250 g/mol. The van der Waals surface area contributed by atoms with Crippen molar-refractivity contribution in [1.82, 2.24) is 9.97 Å². The summed E-state index contributed by atoms with van der Waals surface area (Å²) in [6.45, 7) is 1.95. The van der Waals surface area contributed by atoms with Crippen molar-refractivity contribution in [2.24, 2.45) is 0 Å². The first-order valence-corrected chi connectivity index (χ1v) is 6.63. The molecule has 0 saturated carbocycles. The molecule has 5 nitrogen and oxygen atoms in total. The molecule has 0 amide bonds. The normalized spacial score (nSPS) is 17.8. The van der Waals surface area contributed by atoms with Gasteiger partial charge in [0.1, 0.15) is 12.1 Å². The number of nitrogens with zero attached hydrogens (tertiary/aromatic N) is 4. The van der Waals surface area contributed by atoms with Gasteiger partial charge in [-0.2, -0.15) is 5.26 Å². The lowest BCUT2D eigenvalue weighted by atomic mass is 10.2. The van der Waals surface area contributed by atoms with Crippen LogP contribution >= 0.6 is 0 Å². The van der Waals surface area contributed by atoms with E-state index in [0.29, 0.717) is 11.6 Å². The first-order chi connectivity index (χ1) is 9.85. The van der Waals surface area contributed by atoms with Crippen molar-refractivity contribution < 1.29 is 0 Å². The Hall–Kier alpha value is -2.61. The van der Waals surface area contributed by atoms with E-state index in [-0.39, 0.29) is 0 Å². The minimum Gasteiger partial charge on any atom is -0.369 e. The third-order valence-electron chi connectivity index (χ3n) is 3.48. The van der Waals surface area contributed by atoms with Gasteiger partial charge in [0.15, 0.2) is 0 Å². The van der Waals surface area contributed by atoms with Gasteiger partial charge >= 0.3 is 0 Å². The van der Waals surface area contributed by atoms with Gasteiger partial charge in [-0.25, -0.2) is 9.97 Å². The van der Waals surface area contributed by atoms with Gasteiger partial charge in [-0.1, -0.05) is 0 Å². The fraction of sp³-hybridized carbons (Fsp3) is 0.267. The van der Waals surface area contributed by atoms with E-state index in [0.717, 1.165) is 31.0 Å². The van der Waals surface area contributed by atoms with Crippen LogP contribution in [0.4, 0.5) is 11.5 Å². The van der Waals surface area contributed by atoms with E-state index >= 15 is 0 Å². The summed E-state index contributed by atoms with van der Waals surface area (Å²) >= 11 is 0. The molecular formula is C15H15N5. The number of nitrogens with one attached hydrogen (secondary N) is 1. The summed E-state index contributed by atoms with van der Waals surface area (Å²) in [6, 6.07) is 12.1. The lowest BCUT2D eigenvalue weighted by molar-refractivity contribution is 0.799. The summed E-state index contributed by atoms with van der Waals surface area (Å²) in [7, 11) is 0. The molecule has 3 rings (SSSR count). The van der Waals surface area contributed by atoms with Gasteiger partial charge in [0, 0.05) is 31.0 Å². The average molecular weight is 265 g/mol. The SMILES string of the molecule is N#Cc1ccc(N2CCC(Nc3ccncn3)C2)cc1. The van der Waals surface area contributed by atoms with Crippen LogP contribution in [0.2, 0.25) is 0 Å². The van der Waals surface area contributed by atoms with Crippen molar-refractivity contribution in [2.75, 3.05) is 23.3 Å². The molecule has 5 heteroatoms. The zero-order chi connectivity index (χ0) is 13.8. The molecule has 1 fully saturated rings. The molecule has 20 heavy (non-hydrogen) atoms. The summed E-state index contributed by atoms with van der Waals surface area (Å²) in [5.74, 6) is 0.867. The maximum absolute atomic E-state index is 8.81. The summed E-state index contributed by atoms with van der Waals surface area (Å²) < 4.78 is 0. The maximum Gasteiger partial charge on any atom is 0.129 e. The second kappa shape index (κ2) is 5.57. The van der Waals surface area contributed by atoms with Crippen molar-refractivity contribution in [3.05, 3.63) is 48.4 Å². The van der Waals surface area contributed by atoms with Crippen LogP contribution in [0.1, 0.15) is 12.0 Å². The maximum atomic E-state index is 8.81. The van der Waals surface area contributed by atoms with E-state index in [4.69, 9.17) is 5.26 Å². The van der Waals surface area contributed by atoms with E-state index in [1.807, 2.05) is 30.3 Å². The molecule has 0 radical (unpaired) electrons. The van der Waals surface area contributed by atoms with Crippen molar-refractivity contribution in [2.45, 2.75) is 12.5 Å². The van der Waals surface area contributed by atoms with Gasteiger partial charge in [0.25, 0.3) is 0 Å². The average Bonchev–Trinajstić information content (AvgIpc) is 2.97. The second-order valence-electron chi connectivity index (χ2n) is 4.83. The molecule has 2 heterocycles. The minimum absolute atomic E-state index is 0.389. The molecule has 1 saturated heterocycles.